The smallest absolute Gasteiger partial charge is 0.344 e. The van der Waals surface area contributed by atoms with E-state index in [1.165, 1.54) is 12.3 Å². The van der Waals surface area contributed by atoms with E-state index < -0.39 is 11.5 Å². The largest absolute Gasteiger partial charge is 0.507 e. The molecule has 0 aliphatic carbocycles. The minimum atomic E-state index is -0.582. The maximum atomic E-state index is 12.1. The Bertz CT molecular complexity index is 900. The molecule has 0 aliphatic heterocycles. The van der Waals surface area contributed by atoms with Gasteiger partial charge in [-0.15, -0.1) is 0 Å². The average Bonchev–Trinajstić information content (AvgIpc) is 2.59. The fraction of sp³-hybridized carbons (Fsp3) is 0.0500. The molecule has 0 amide bonds. The fourth-order valence-corrected chi connectivity index (χ4v) is 2.33. The Morgan fingerprint density at radius 3 is 2.22 bits per heavy atom. The predicted molar refractivity (Wildman–Crippen MR) is 88.2 cm³/mol. The minimum absolute atomic E-state index is 0.113. The summed E-state index contributed by atoms with van der Waals surface area (Å²) in [5.74, 6) is 5.46. The molecule has 0 spiro atoms. The quantitative estimate of drug-likeness (QED) is 0.737. The van der Waals surface area contributed by atoms with Crippen molar-refractivity contribution < 1.29 is 9.52 Å². The topological polar surface area (TPSA) is 50.4 Å². The van der Waals surface area contributed by atoms with Crippen LogP contribution in [0.25, 0.3) is 0 Å². The molecule has 0 bridgehead atoms. The summed E-state index contributed by atoms with van der Waals surface area (Å²) in [5, 5.41) is 10.1. The molecule has 0 saturated heterocycles. The van der Waals surface area contributed by atoms with Gasteiger partial charge in [-0.1, -0.05) is 60.4 Å². The third-order valence-corrected chi connectivity index (χ3v) is 3.45. The molecule has 2 aromatic carbocycles. The van der Waals surface area contributed by atoms with E-state index in [-0.39, 0.29) is 11.3 Å². The van der Waals surface area contributed by atoms with Crippen molar-refractivity contribution in [3.8, 4) is 17.6 Å². The van der Waals surface area contributed by atoms with Crippen molar-refractivity contribution in [3.05, 3.63) is 100 Å². The molecule has 0 saturated carbocycles. The van der Waals surface area contributed by atoms with Gasteiger partial charge in [0.2, 0.25) is 0 Å². The summed E-state index contributed by atoms with van der Waals surface area (Å²) >= 11 is 0. The van der Waals surface area contributed by atoms with E-state index in [1.54, 1.807) is 0 Å². The second-order valence-corrected chi connectivity index (χ2v) is 4.99. The Balaban J connectivity index is 2.13. The molecule has 1 atom stereocenters. The molecule has 3 aromatic rings. The van der Waals surface area contributed by atoms with Gasteiger partial charge in [0.15, 0.2) is 0 Å². The van der Waals surface area contributed by atoms with Crippen LogP contribution in [0.5, 0.6) is 5.75 Å². The van der Waals surface area contributed by atoms with E-state index in [9.17, 15) is 9.90 Å². The summed E-state index contributed by atoms with van der Waals surface area (Å²) in [4.78, 5) is 12.1. The lowest BCUT2D eigenvalue weighted by Crippen LogP contribution is -2.12. The molecule has 3 rings (SSSR count). The average molecular weight is 302 g/mol. The van der Waals surface area contributed by atoms with Crippen LogP contribution in [0.4, 0.5) is 0 Å². The summed E-state index contributed by atoms with van der Waals surface area (Å²) in [6.07, 6.45) is 1.17. The Kier molecular flexibility index (Phi) is 4.26. The molecule has 0 radical (unpaired) electrons. The molecule has 1 N–H and O–H groups in total. The van der Waals surface area contributed by atoms with E-state index in [1.807, 2.05) is 60.7 Å². The van der Waals surface area contributed by atoms with Gasteiger partial charge >= 0.3 is 5.63 Å². The fourth-order valence-electron chi connectivity index (χ4n) is 2.33. The number of aromatic hydroxyl groups is 1. The first-order valence-corrected chi connectivity index (χ1v) is 7.18. The number of benzene rings is 2. The second-order valence-electron chi connectivity index (χ2n) is 4.99. The van der Waals surface area contributed by atoms with E-state index >= 15 is 0 Å². The van der Waals surface area contributed by atoms with Gasteiger partial charge < -0.3 is 9.52 Å². The van der Waals surface area contributed by atoms with Crippen molar-refractivity contribution in [1.82, 2.24) is 0 Å². The SMILES string of the molecule is O=c1occc(O)c1C(C#Cc1ccccc1)c1ccccc1. The van der Waals surface area contributed by atoms with Crippen molar-refractivity contribution in [2.45, 2.75) is 5.92 Å². The molecule has 1 unspecified atom stereocenters. The van der Waals surface area contributed by atoms with Crippen LogP contribution in [0.15, 0.2) is 82.2 Å². The lowest BCUT2D eigenvalue weighted by molar-refractivity contribution is 0.435. The Labute approximate surface area is 133 Å². The third-order valence-electron chi connectivity index (χ3n) is 3.45. The molecule has 1 heterocycles. The van der Waals surface area contributed by atoms with E-state index in [2.05, 4.69) is 11.8 Å². The minimum Gasteiger partial charge on any atom is -0.507 e. The van der Waals surface area contributed by atoms with Crippen molar-refractivity contribution in [3.63, 3.8) is 0 Å². The van der Waals surface area contributed by atoms with Crippen LogP contribution < -0.4 is 5.63 Å². The van der Waals surface area contributed by atoms with Crippen LogP contribution in [0.1, 0.15) is 22.6 Å². The zero-order valence-electron chi connectivity index (χ0n) is 12.3. The van der Waals surface area contributed by atoms with Crippen LogP contribution in [-0.2, 0) is 0 Å². The monoisotopic (exact) mass is 302 g/mol. The highest BCUT2D eigenvalue weighted by atomic mass is 16.4. The summed E-state index contributed by atoms with van der Waals surface area (Å²) in [6.45, 7) is 0. The molecular weight excluding hydrogens is 288 g/mol. The highest BCUT2D eigenvalue weighted by molar-refractivity contribution is 5.47. The zero-order chi connectivity index (χ0) is 16.1. The molecule has 0 fully saturated rings. The van der Waals surface area contributed by atoms with Crippen molar-refractivity contribution in [1.29, 1.82) is 0 Å². The summed E-state index contributed by atoms with van der Waals surface area (Å²) in [7, 11) is 0. The van der Waals surface area contributed by atoms with Crippen LogP contribution in [0, 0.1) is 11.8 Å². The number of hydrogen-bond acceptors (Lipinski definition) is 3. The predicted octanol–water partition coefficient (Wildman–Crippen LogP) is 3.53. The molecule has 23 heavy (non-hydrogen) atoms. The summed E-state index contributed by atoms with van der Waals surface area (Å²) < 4.78 is 4.91. The maximum absolute atomic E-state index is 12.1. The van der Waals surface area contributed by atoms with Gasteiger partial charge in [0.25, 0.3) is 0 Å². The molecule has 1 aromatic heterocycles. The third kappa shape index (κ3) is 3.33. The van der Waals surface area contributed by atoms with Crippen LogP contribution in [0.2, 0.25) is 0 Å². The number of rotatable bonds is 2. The van der Waals surface area contributed by atoms with Gasteiger partial charge in [-0.3, -0.25) is 0 Å². The molecule has 3 nitrogen and oxygen atoms in total. The Morgan fingerprint density at radius 2 is 1.57 bits per heavy atom. The maximum Gasteiger partial charge on any atom is 0.344 e. The van der Waals surface area contributed by atoms with E-state index in [0.717, 1.165) is 11.1 Å². The van der Waals surface area contributed by atoms with Gasteiger partial charge in [-0.25, -0.2) is 4.79 Å². The zero-order valence-corrected chi connectivity index (χ0v) is 12.3. The molecule has 3 heteroatoms. The van der Waals surface area contributed by atoms with Gasteiger partial charge in [0.05, 0.1) is 17.7 Å². The normalized spacial score (nSPS) is 11.3. The van der Waals surface area contributed by atoms with Gasteiger partial charge in [-0.2, -0.15) is 0 Å². The van der Waals surface area contributed by atoms with Gasteiger partial charge in [0.1, 0.15) is 5.75 Å². The standard InChI is InChI=1S/C20H14O3/c21-18-13-14-23-20(22)19(18)17(16-9-5-2-6-10-16)12-11-15-7-3-1-4-8-15/h1-10,13-14,17,21H. The van der Waals surface area contributed by atoms with Crippen LogP contribution >= 0.6 is 0 Å². The number of hydrogen-bond donors (Lipinski definition) is 1. The Morgan fingerprint density at radius 1 is 0.913 bits per heavy atom. The van der Waals surface area contributed by atoms with Crippen molar-refractivity contribution >= 4 is 0 Å². The van der Waals surface area contributed by atoms with E-state index in [0.29, 0.717) is 0 Å². The molecular formula is C20H14O3. The first kappa shape index (κ1) is 14.7. The highest BCUT2D eigenvalue weighted by Crippen LogP contribution is 2.27. The van der Waals surface area contributed by atoms with Gasteiger partial charge in [0, 0.05) is 11.6 Å². The lowest BCUT2D eigenvalue weighted by Gasteiger charge is -2.11. The lowest BCUT2D eigenvalue weighted by atomic mass is 9.92. The first-order valence-electron chi connectivity index (χ1n) is 7.18. The van der Waals surface area contributed by atoms with E-state index in [4.69, 9.17) is 4.42 Å². The van der Waals surface area contributed by atoms with Crippen LogP contribution in [-0.4, -0.2) is 5.11 Å². The molecule has 112 valence electrons. The van der Waals surface area contributed by atoms with Gasteiger partial charge in [-0.05, 0) is 17.7 Å². The van der Waals surface area contributed by atoms with Crippen molar-refractivity contribution in [2.75, 3.05) is 0 Å². The Hall–Kier alpha value is -3.25. The summed E-state index contributed by atoms with van der Waals surface area (Å²) in [6, 6.07) is 20.2. The van der Waals surface area contributed by atoms with Crippen LogP contribution in [0.3, 0.4) is 0 Å². The first-order chi connectivity index (χ1) is 11.3. The second kappa shape index (κ2) is 6.67. The molecule has 0 aliphatic rings. The summed E-state index contributed by atoms with van der Waals surface area (Å²) in [5.41, 5.74) is 1.24. The van der Waals surface area contributed by atoms with Crippen molar-refractivity contribution in [2.24, 2.45) is 0 Å². The highest BCUT2D eigenvalue weighted by Gasteiger charge is 2.20.